The normalized spacial score (nSPS) is 15.1. The second-order valence-corrected chi connectivity index (χ2v) is 11.7. The summed E-state index contributed by atoms with van der Waals surface area (Å²) < 4.78 is 0. The summed E-state index contributed by atoms with van der Waals surface area (Å²) >= 11 is 0. The quantitative estimate of drug-likeness (QED) is 0.210. The number of hydrogen-bond acceptors (Lipinski definition) is 3. The van der Waals surface area contributed by atoms with Crippen LogP contribution in [0.2, 0.25) is 0 Å². The van der Waals surface area contributed by atoms with E-state index in [-0.39, 0.29) is 0 Å². The maximum Gasteiger partial charge on any atom is 0.160 e. The molecule has 0 saturated carbocycles. The lowest BCUT2D eigenvalue weighted by Gasteiger charge is -2.44. The molecule has 0 N–H and O–H groups in total. The van der Waals surface area contributed by atoms with E-state index >= 15 is 0 Å². The minimum atomic E-state index is -0.642. The van der Waals surface area contributed by atoms with Crippen molar-refractivity contribution in [3.8, 4) is 33.8 Å². The first-order chi connectivity index (χ1) is 22.4. The molecule has 0 atom stereocenters. The van der Waals surface area contributed by atoms with Crippen LogP contribution in [0.5, 0.6) is 0 Å². The average molecular weight is 576 g/mol. The van der Waals surface area contributed by atoms with E-state index in [1.54, 1.807) is 0 Å². The molecule has 0 radical (unpaired) electrons. The van der Waals surface area contributed by atoms with E-state index in [9.17, 15) is 0 Å². The van der Waals surface area contributed by atoms with Crippen molar-refractivity contribution in [2.24, 2.45) is 0 Å². The van der Waals surface area contributed by atoms with Crippen molar-refractivity contribution in [2.75, 3.05) is 4.90 Å². The topological polar surface area (TPSA) is 29.0 Å². The molecule has 0 bridgehead atoms. The predicted octanol–water partition coefficient (Wildman–Crippen LogP) is 10.0. The molecule has 1 aromatic heterocycles. The van der Waals surface area contributed by atoms with Crippen LogP contribution < -0.4 is 4.90 Å². The lowest BCUT2D eigenvalue weighted by molar-refractivity contribution is 0.721. The molecule has 45 heavy (non-hydrogen) atoms. The molecule has 9 rings (SSSR count). The summed E-state index contributed by atoms with van der Waals surface area (Å²) in [5.74, 6) is 0.734. The van der Waals surface area contributed by atoms with Gasteiger partial charge < -0.3 is 4.90 Å². The van der Waals surface area contributed by atoms with Crippen molar-refractivity contribution >= 4 is 11.4 Å². The monoisotopic (exact) mass is 575 g/mol. The Morgan fingerprint density at radius 2 is 1.16 bits per heavy atom. The molecular weight excluding hydrogens is 546 g/mol. The highest BCUT2D eigenvalue weighted by Gasteiger charge is 2.54. The van der Waals surface area contributed by atoms with Gasteiger partial charge >= 0.3 is 0 Å². The zero-order chi connectivity index (χ0) is 29.8. The first-order valence-corrected chi connectivity index (χ1v) is 15.5. The third kappa shape index (κ3) is 3.71. The number of para-hydroxylation sites is 2. The van der Waals surface area contributed by atoms with Gasteiger partial charge in [-0.15, -0.1) is 0 Å². The van der Waals surface area contributed by atoms with Gasteiger partial charge in [-0.3, -0.25) is 0 Å². The van der Waals surface area contributed by atoms with Gasteiger partial charge in [0.05, 0.1) is 28.2 Å². The lowest BCUT2D eigenvalue weighted by Crippen LogP contribution is -2.38. The minimum absolute atomic E-state index is 0.642. The Kier molecular flexibility index (Phi) is 5.79. The standard InChI is InChI=1S/C42H29N3/c1-2-10-22-31(21-9-1)45-36-27-15-13-25-34(36)42(35-26-14-16-28-37(35)45)33-24-12-11-23-32(33)38-39(29-17-5-3-6-18-29)43-41(44-40(38)42)30-19-7-4-8-20-30/h1,3-28H,2H2. The van der Waals surface area contributed by atoms with Gasteiger partial charge in [0, 0.05) is 22.4 Å². The van der Waals surface area contributed by atoms with E-state index in [0.29, 0.717) is 0 Å². The van der Waals surface area contributed by atoms with Gasteiger partial charge in [-0.2, -0.15) is 0 Å². The maximum absolute atomic E-state index is 5.58. The van der Waals surface area contributed by atoms with E-state index in [0.717, 1.165) is 57.4 Å². The molecule has 1 spiro atoms. The van der Waals surface area contributed by atoms with Crippen molar-refractivity contribution in [3.05, 3.63) is 192 Å². The van der Waals surface area contributed by atoms with Crippen LogP contribution in [-0.2, 0) is 5.41 Å². The van der Waals surface area contributed by atoms with Crippen molar-refractivity contribution in [2.45, 2.75) is 11.8 Å². The largest absolute Gasteiger partial charge is 0.310 e. The second-order valence-electron chi connectivity index (χ2n) is 11.7. The Hall–Kier alpha value is -5.80. The fraction of sp³-hybridized carbons (Fsp3) is 0.0476. The van der Waals surface area contributed by atoms with Gasteiger partial charge in [-0.05, 0) is 53.0 Å². The van der Waals surface area contributed by atoms with Gasteiger partial charge in [0.1, 0.15) is 0 Å². The first-order valence-electron chi connectivity index (χ1n) is 15.5. The summed E-state index contributed by atoms with van der Waals surface area (Å²) in [5.41, 5.74) is 12.8. The Bertz CT molecular complexity index is 2140. The van der Waals surface area contributed by atoms with Crippen LogP contribution >= 0.6 is 0 Å². The second kappa shape index (κ2) is 10.1. The van der Waals surface area contributed by atoms with Crippen LogP contribution in [0, 0.1) is 0 Å². The Balaban J connectivity index is 1.45. The third-order valence-corrected chi connectivity index (χ3v) is 9.26. The highest BCUT2D eigenvalue weighted by molar-refractivity contribution is 5.98. The molecule has 0 unspecified atom stereocenters. The summed E-state index contributed by atoms with van der Waals surface area (Å²) in [6.07, 6.45) is 12.0. The molecule has 5 aromatic carbocycles. The molecular formula is C42H29N3. The molecule has 3 heteroatoms. The molecule has 3 nitrogen and oxygen atoms in total. The smallest absolute Gasteiger partial charge is 0.160 e. The Morgan fingerprint density at radius 3 is 1.87 bits per heavy atom. The van der Waals surface area contributed by atoms with E-state index < -0.39 is 5.41 Å². The van der Waals surface area contributed by atoms with Gasteiger partial charge in [-0.1, -0.05) is 140 Å². The fourth-order valence-electron chi connectivity index (χ4n) is 7.45. The molecule has 6 aromatic rings. The number of aromatic nitrogens is 2. The number of hydrogen-bond donors (Lipinski definition) is 0. The number of benzene rings is 5. The van der Waals surface area contributed by atoms with Crippen molar-refractivity contribution in [1.82, 2.24) is 9.97 Å². The first kappa shape index (κ1) is 25.7. The van der Waals surface area contributed by atoms with Crippen LogP contribution in [0.1, 0.15) is 28.8 Å². The minimum Gasteiger partial charge on any atom is -0.310 e. The maximum atomic E-state index is 5.58. The summed E-state index contributed by atoms with van der Waals surface area (Å²) in [6.45, 7) is 0. The predicted molar refractivity (Wildman–Crippen MR) is 183 cm³/mol. The molecule has 3 aliphatic rings. The summed E-state index contributed by atoms with van der Waals surface area (Å²) in [5, 5.41) is 0. The van der Waals surface area contributed by atoms with E-state index in [2.05, 4.69) is 163 Å². The summed E-state index contributed by atoms with van der Waals surface area (Å²) in [7, 11) is 0. The number of fused-ring (bicyclic) bond motifs is 9. The third-order valence-electron chi connectivity index (χ3n) is 9.26. The van der Waals surface area contributed by atoms with Crippen LogP contribution in [0.3, 0.4) is 0 Å². The van der Waals surface area contributed by atoms with E-state index in [1.807, 2.05) is 6.07 Å². The zero-order valence-electron chi connectivity index (χ0n) is 24.6. The van der Waals surface area contributed by atoms with Gasteiger partial charge in [-0.25, -0.2) is 9.97 Å². The van der Waals surface area contributed by atoms with Crippen LogP contribution in [0.25, 0.3) is 33.8 Å². The Morgan fingerprint density at radius 1 is 0.556 bits per heavy atom. The number of allylic oxidation sites excluding steroid dienone is 5. The van der Waals surface area contributed by atoms with Crippen LogP contribution in [0.4, 0.5) is 11.4 Å². The average Bonchev–Trinajstić information content (AvgIpc) is 3.22. The SMILES string of the molecule is C1=CCC=CC(N2c3ccccc3C3(c4ccccc4-c4c(-c5ccccc5)nc(-c5ccccc5)nc43)c3ccccc32)=C1. The van der Waals surface area contributed by atoms with Crippen LogP contribution in [-0.4, -0.2) is 9.97 Å². The number of anilines is 2. The number of rotatable bonds is 3. The molecule has 0 saturated heterocycles. The van der Waals surface area contributed by atoms with E-state index in [1.165, 1.54) is 22.3 Å². The van der Waals surface area contributed by atoms with Crippen LogP contribution in [0.15, 0.2) is 170 Å². The number of nitrogens with zero attached hydrogens (tertiary/aromatic N) is 3. The zero-order valence-corrected chi connectivity index (χ0v) is 24.6. The van der Waals surface area contributed by atoms with Crippen molar-refractivity contribution in [1.29, 1.82) is 0 Å². The molecule has 2 heterocycles. The summed E-state index contributed by atoms with van der Waals surface area (Å²) in [6, 6.07) is 47.5. The van der Waals surface area contributed by atoms with Gasteiger partial charge in [0.25, 0.3) is 0 Å². The fourth-order valence-corrected chi connectivity index (χ4v) is 7.45. The van der Waals surface area contributed by atoms with Gasteiger partial charge in [0.15, 0.2) is 5.82 Å². The van der Waals surface area contributed by atoms with Crippen molar-refractivity contribution in [3.63, 3.8) is 0 Å². The molecule has 1 aliphatic heterocycles. The molecule has 212 valence electrons. The lowest BCUT2D eigenvalue weighted by atomic mass is 9.66. The van der Waals surface area contributed by atoms with E-state index in [4.69, 9.17) is 9.97 Å². The molecule has 2 aliphatic carbocycles. The Labute approximate surface area is 263 Å². The summed E-state index contributed by atoms with van der Waals surface area (Å²) in [4.78, 5) is 13.3. The molecule has 0 amide bonds. The highest BCUT2D eigenvalue weighted by atomic mass is 15.2. The highest BCUT2D eigenvalue weighted by Crippen LogP contribution is 2.63. The van der Waals surface area contributed by atoms with Gasteiger partial charge in [0.2, 0.25) is 0 Å². The van der Waals surface area contributed by atoms with Crippen molar-refractivity contribution < 1.29 is 0 Å². The molecule has 0 fully saturated rings.